The molecule has 25 heavy (non-hydrogen) atoms. The molecule has 4 rings (SSSR count). The molecule has 4 aromatic rings. The van der Waals surface area contributed by atoms with Gasteiger partial charge in [0, 0.05) is 21.2 Å². The van der Waals surface area contributed by atoms with Gasteiger partial charge in [0.25, 0.3) is 0 Å². The zero-order valence-electron chi connectivity index (χ0n) is 13.9. The van der Waals surface area contributed by atoms with Gasteiger partial charge in [-0.2, -0.15) is 0 Å². The summed E-state index contributed by atoms with van der Waals surface area (Å²) in [5.41, 5.74) is 2.24. The standard InChI is InChI=1S/C22H18O2S/c1-23-18-11-12-19(22-13-17-9-5-6-10-21(17)25-22)20(14-18)24-15-16-7-3-2-4-8-16/h2-14H,15H2,1H3. The number of rotatable bonds is 5. The third-order valence-electron chi connectivity index (χ3n) is 4.12. The monoisotopic (exact) mass is 346 g/mol. The summed E-state index contributed by atoms with van der Waals surface area (Å²) < 4.78 is 12.8. The van der Waals surface area contributed by atoms with Crippen molar-refractivity contribution in [1.29, 1.82) is 0 Å². The van der Waals surface area contributed by atoms with E-state index in [1.54, 1.807) is 18.4 Å². The van der Waals surface area contributed by atoms with E-state index in [1.165, 1.54) is 15.0 Å². The van der Waals surface area contributed by atoms with Crippen LogP contribution in [0.5, 0.6) is 11.5 Å². The molecule has 0 N–H and O–H groups in total. The van der Waals surface area contributed by atoms with Crippen molar-refractivity contribution in [2.45, 2.75) is 6.61 Å². The van der Waals surface area contributed by atoms with Crippen LogP contribution in [-0.4, -0.2) is 7.11 Å². The van der Waals surface area contributed by atoms with E-state index < -0.39 is 0 Å². The first kappa shape index (κ1) is 15.7. The minimum absolute atomic E-state index is 0.534. The normalized spacial score (nSPS) is 10.8. The topological polar surface area (TPSA) is 18.5 Å². The third kappa shape index (κ3) is 3.37. The lowest BCUT2D eigenvalue weighted by atomic mass is 10.1. The molecule has 0 spiro atoms. The maximum Gasteiger partial charge on any atom is 0.132 e. The Balaban J connectivity index is 1.71. The predicted octanol–water partition coefficient (Wildman–Crippen LogP) is 6.16. The molecule has 0 amide bonds. The van der Waals surface area contributed by atoms with Crippen molar-refractivity contribution < 1.29 is 9.47 Å². The first-order valence-corrected chi connectivity index (χ1v) is 8.99. The Kier molecular flexibility index (Phi) is 4.40. The summed E-state index contributed by atoms with van der Waals surface area (Å²) in [5.74, 6) is 1.64. The molecule has 3 heteroatoms. The Hall–Kier alpha value is -2.78. The highest BCUT2D eigenvalue weighted by Gasteiger charge is 2.12. The van der Waals surface area contributed by atoms with Gasteiger partial charge in [-0.05, 0) is 35.2 Å². The van der Waals surface area contributed by atoms with Crippen LogP contribution in [0.4, 0.5) is 0 Å². The third-order valence-corrected chi connectivity index (χ3v) is 5.27. The Morgan fingerprint density at radius 1 is 0.840 bits per heavy atom. The summed E-state index contributed by atoms with van der Waals surface area (Å²) in [4.78, 5) is 1.20. The molecule has 1 aromatic heterocycles. The lowest BCUT2D eigenvalue weighted by Crippen LogP contribution is -1.97. The Labute approximate surface area is 151 Å². The van der Waals surface area contributed by atoms with Gasteiger partial charge in [0.2, 0.25) is 0 Å². The van der Waals surface area contributed by atoms with Crippen LogP contribution in [0.15, 0.2) is 78.9 Å². The van der Waals surface area contributed by atoms with E-state index in [4.69, 9.17) is 9.47 Å². The van der Waals surface area contributed by atoms with Crippen LogP contribution < -0.4 is 9.47 Å². The molecule has 0 aliphatic rings. The summed E-state index contributed by atoms with van der Waals surface area (Å²) in [6, 6.07) is 26.9. The summed E-state index contributed by atoms with van der Waals surface area (Å²) in [6.07, 6.45) is 0. The van der Waals surface area contributed by atoms with Crippen molar-refractivity contribution in [2.24, 2.45) is 0 Å². The molecule has 0 radical (unpaired) electrons. The number of thiophene rings is 1. The molecular weight excluding hydrogens is 328 g/mol. The highest BCUT2D eigenvalue weighted by Crippen LogP contribution is 2.40. The zero-order chi connectivity index (χ0) is 17.1. The van der Waals surface area contributed by atoms with Gasteiger partial charge in [-0.3, -0.25) is 0 Å². The highest BCUT2D eigenvalue weighted by molar-refractivity contribution is 7.22. The van der Waals surface area contributed by atoms with Gasteiger partial charge in [-0.15, -0.1) is 11.3 Å². The van der Waals surface area contributed by atoms with Gasteiger partial charge >= 0.3 is 0 Å². The second kappa shape index (κ2) is 6.99. The number of hydrogen-bond donors (Lipinski definition) is 0. The first-order chi connectivity index (χ1) is 12.3. The quantitative estimate of drug-likeness (QED) is 0.431. The van der Waals surface area contributed by atoms with Crippen molar-refractivity contribution in [1.82, 2.24) is 0 Å². The lowest BCUT2D eigenvalue weighted by Gasteiger charge is -2.12. The van der Waals surface area contributed by atoms with E-state index in [0.717, 1.165) is 22.6 Å². The van der Waals surface area contributed by atoms with Crippen LogP contribution in [-0.2, 0) is 6.61 Å². The van der Waals surface area contributed by atoms with Crippen LogP contribution in [0.2, 0.25) is 0 Å². The SMILES string of the molecule is COc1ccc(-c2cc3ccccc3s2)c(OCc2ccccc2)c1. The summed E-state index contributed by atoms with van der Waals surface area (Å²) in [5, 5.41) is 1.26. The number of methoxy groups -OCH3 is 1. The average Bonchev–Trinajstić information content (AvgIpc) is 3.11. The summed E-state index contributed by atoms with van der Waals surface area (Å²) >= 11 is 1.78. The molecule has 0 saturated heterocycles. The molecule has 0 aliphatic heterocycles. The fourth-order valence-corrected chi connectivity index (χ4v) is 3.90. The van der Waals surface area contributed by atoms with Gasteiger partial charge in [-0.25, -0.2) is 0 Å². The second-order valence-electron chi connectivity index (χ2n) is 5.78. The van der Waals surface area contributed by atoms with Crippen molar-refractivity contribution in [2.75, 3.05) is 7.11 Å². The van der Waals surface area contributed by atoms with Crippen molar-refractivity contribution in [3.05, 3.63) is 84.4 Å². The maximum absolute atomic E-state index is 6.14. The van der Waals surface area contributed by atoms with Crippen LogP contribution >= 0.6 is 11.3 Å². The van der Waals surface area contributed by atoms with Gasteiger partial charge in [-0.1, -0.05) is 48.5 Å². The van der Waals surface area contributed by atoms with Crippen LogP contribution in [0.3, 0.4) is 0 Å². The van der Waals surface area contributed by atoms with E-state index >= 15 is 0 Å². The summed E-state index contributed by atoms with van der Waals surface area (Å²) in [6.45, 7) is 0.534. The molecule has 1 heterocycles. The average molecular weight is 346 g/mol. The van der Waals surface area contributed by atoms with Crippen LogP contribution in [0.25, 0.3) is 20.5 Å². The van der Waals surface area contributed by atoms with E-state index in [9.17, 15) is 0 Å². The molecule has 0 aliphatic carbocycles. The molecular formula is C22H18O2S. The zero-order valence-corrected chi connectivity index (χ0v) is 14.8. The second-order valence-corrected chi connectivity index (χ2v) is 6.87. The largest absolute Gasteiger partial charge is 0.497 e. The fraction of sp³-hybridized carbons (Fsp3) is 0.0909. The first-order valence-electron chi connectivity index (χ1n) is 8.17. The smallest absolute Gasteiger partial charge is 0.132 e. The number of ether oxygens (including phenoxy) is 2. The Morgan fingerprint density at radius 3 is 2.44 bits per heavy atom. The van der Waals surface area contributed by atoms with E-state index in [2.05, 4.69) is 48.5 Å². The summed E-state index contributed by atoms with van der Waals surface area (Å²) in [7, 11) is 1.68. The van der Waals surface area contributed by atoms with Crippen molar-refractivity contribution in [3.63, 3.8) is 0 Å². The molecule has 2 nitrogen and oxygen atoms in total. The van der Waals surface area contributed by atoms with E-state index in [1.807, 2.05) is 30.3 Å². The minimum atomic E-state index is 0.534. The molecule has 124 valence electrons. The predicted molar refractivity (Wildman–Crippen MR) is 105 cm³/mol. The van der Waals surface area contributed by atoms with Crippen LogP contribution in [0, 0.1) is 0 Å². The van der Waals surface area contributed by atoms with Gasteiger partial charge in [0.1, 0.15) is 18.1 Å². The van der Waals surface area contributed by atoms with Crippen molar-refractivity contribution in [3.8, 4) is 21.9 Å². The Morgan fingerprint density at radius 2 is 1.64 bits per heavy atom. The van der Waals surface area contributed by atoms with Gasteiger partial charge in [0.15, 0.2) is 0 Å². The number of benzene rings is 3. The number of fused-ring (bicyclic) bond motifs is 1. The van der Waals surface area contributed by atoms with Crippen LogP contribution in [0.1, 0.15) is 5.56 Å². The highest BCUT2D eigenvalue weighted by atomic mass is 32.1. The molecule has 0 atom stereocenters. The van der Waals surface area contributed by atoms with E-state index in [-0.39, 0.29) is 0 Å². The number of hydrogen-bond acceptors (Lipinski definition) is 3. The molecule has 0 fully saturated rings. The molecule has 0 bridgehead atoms. The van der Waals surface area contributed by atoms with Gasteiger partial charge in [0.05, 0.1) is 7.11 Å². The maximum atomic E-state index is 6.14. The lowest BCUT2D eigenvalue weighted by molar-refractivity contribution is 0.305. The molecule has 3 aromatic carbocycles. The minimum Gasteiger partial charge on any atom is -0.497 e. The van der Waals surface area contributed by atoms with Crippen molar-refractivity contribution >= 4 is 21.4 Å². The van der Waals surface area contributed by atoms with Gasteiger partial charge < -0.3 is 9.47 Å². The molecule has 0 saturated carbocycles. The Bertz CT molecular complexity index is 956. The van der Waals surface area contributed by atoms with E-state index in [0.29, 0.717) is 6.61 Å². The fourth-order valence-electron chi connectivity index (χ4n) is 2.80. The molecule has 0 unspecified atom stereocenters.